The Morgan fingerprint density at radius 1 is 1.22 bits per heavy atom. The van der Waals surface area contributed by atoms with E-state index in [1.807, 2.05) is 42.7 Å². The van der Waals surface area contributed by atoms with Gasteiger partial charge in [0.05, 0.1) is 23.0 Å². The van der Waals surface area contributed by atoms with Gasteiger partial charge in [-0.1, -0.05) is 31.1 Å². The van der Waals surface area contributed by atoms with Gasteiger partial charge in [0.25, 0.3) is 0 Å². The Bertz CT molecular complexity index is 1220. The third kappa shape index (κ3) is 6.16. The monoisotopic (exact) mass is 512 g/mol. The highest BCUT2D eigenvalue weighted by atomic mass is 16.5. The molecule has 0 radical (unpaired) electrons. The zero-order valence-electron chi connectivity index (χ0n) is 21.9. The zero-order chi connectivity index (χ0) is 26.5. The number of Topliss-reactive ketones (excluding diaryl/α,β-unsaturated/α-hetero) is 1. The average molecular weight is 513 g/mol. The number of fused-ring (bicyclic) bond motifs is 1. The summed E-state index contributed by atoms with van der Waals surface area (Å²) in [7, 11) is 1.68. The number of ketones is 1. The van der Waals surface area contributed by atoms with Gasteiger partial charge in [0.1, 0.15) is 0 Å². The minimum Gasteiger partial charge on any atom is -0.465 e. The summed E-state index contributed by atoms with van der Waals surface area (Å²) in [5.41, 5.74) is 1.70. The van der Waals surface area contributed by atoms with Gasteiger partial charge in [0.15, 0.2) is 11.6 Å². The lowest BCUT2D eigenvalue weighted by molar-refractivity contribution is 0.0851. The van der Waals surface area contributed by atoms with E-state index in [2.05, 4.69) is 15.5 Å². The first kappa shape index (κ1) is 26.7. The van der Waals surface area contributed by atoms with Crippen LogP contribution in [0, 0.1) is 12.8 Å². The third-order valence-corrected chi connectivity index (χ3v) is 6.83. The predicted molar refractivity (Wildman–Crippen MR) is 137 cm³/mol. The quantitative estimate of drug-likeness (QED) is 0.292. The number of nitrogens with zero attached hydrogens (tertiary/aromatic N) is 5. The smallest absolute Gasteiger partial charge is 0.407 e. The first-order valence-electron chi connectivity index (χ1n) is 12.8. The van der Waals surface area contributed by atoms with Crippen molar-refractivity contribution in [2.45, 2.75) is 64.6 Å². The van der Waals surface area contributed by atoms with Crippen LogP contribution in [0.2, 0.25) is 0 Å². The lowest BCUT2D eigenvalue weighted by Crippen LogP contribution is -2.55. The van der Waals surface area contributed by atoms with Crippen molar-refractivity contribution in [1.82, 2.24) is 29.9 Å². The number of likely N-dealkylation sites (tertiary alicyclic amines) is 1. The molecule has 3 atom stereocenters. The largest absolute Gasteiger partial charge is 0.465 e. The van der Waals surface area contributed by atoms with Crippen LogP contribution in [0.1, 0.15) is 61.4 Å². The molecule has 2 aromatic heterocycles. The first-order chi connectivity index (χ1) is 17.8. The molecule has 11 nitrogen and oxygen atoms in total. The van der Waals surface area contributed by atoms with Gasteiger partial charge < -0.3 is 29.2 Å². The topological polar surface area (TPSA) is 136 Å². The number of nitrogens with one attached hydrogen (secondary N) is 1. The molecule has 0 saturated carbocycles. The molecule has 1 unspecified atom stereocenters. The molecule has 1 saturated heterocycles. The molecule has 200 valence electrons. The molecule has 4 rings (SSSR count). The van der Waals surface area contributed by atoms with Crippen molar-refractivity contribution in [3.8, 4) is 0 Å². The first-order valence-corrected chi connectivity index (χ1v) is 12.8. The number of imidazole rings is 1. The van der Waals surface area contributed by atoms with Gasteiger partial charge in [-0.15, -0.1) is 0 Å². The molecule has 1 fully saturated rings. The third-order valence-electron chi connectivity index (χ3n) is 6.83. The van der Waals surface area contributed by atoms with Crippen LogP contribution in [0.4, 0.5) is 4.79 Å². The summed E-state index contributed by atoms with van der Waals surface area (Å²) in [5.74, 6) is 0.942. The lowest BCUT2D eigenvalue weighted by Gasteiger charge is -2.37. The summed E-state index contributed by atoms with van der Waals surface area (Å²) < 4.78 is 12.5. The number of piperidine rings is 1. The SMILES string of the molecule is COCCCCn1c(C(=O)C(N[C@H]2C[C@@H](c3nc(C)no3)CN(C(=O)O)C2)C(C)C)nc2ccccc21. The van der Waals surface area contributed by atoms with Crippen molar-refractivity contribution in [2.24, 2.45) is 5.92 Å². The van der Waals surface area contributed by atoms with Crippen molar-refractivity contribution in [3.05, 3.63) is 41.8 Å². The Morgan fingerprint density at radius 3 is 2.68 bits per heavy atom. The summed E-state index contributed by atoms with van der Waals surface area (Å²) in [5, 5.41) is 17.1. The average Bonchev–Trinajstić information content (AvgIpc) is 3.48. The molecule has 1 aliphatic rings. The van der Waals surface area contributed by atoms with Gasteiger partial charge in [-0.25, -0.2) is 9.78 Å². The highest BCUT2D eigenvalue weighted by Crippen LogP contribution is 2.28. The molecule has 1 aromatic carbocycles. The fraction of sp³-hybridized carbons (Fsp3) is 0.577. The maximum Gasteiger partial charge on any atom is 0.407 e. The van der Waals surface area contributed by atoms with Crippen LogP contribution in [0.25, 0.3) is 11.0 Å². The van der Waals surface area contributed by atoms with E-state index in [4.69, 9.17) is 14.2 Å². The van der Waals surface area contributed by atoms with Gasteiger partial charge in [-0.2, -0.15) is 4.98 Å². The minimum atomic E-state index is -1.02. The number of rotatable bonds is 11. The molecule has 3 heterocycles. The number of aromatic nitrogens is 4. The zero-order valence-corrected chi connectivity index (χ0v) is 21.9. The second-order valence-corrected chi connectivity index (χ2v) is 10.0. The van der Waals surface area contributed by atoms with E-state index < -0.39 is 12.1 Å². The molecule has 1 amide bonds. The van der Waals surface area contributed by atoms with E-state index in [9.17, 15) is 14.7 Å². The number of amides is 1. The highest BCUT2D eigenvalue weighted by molar-refractivity contribution is 6.00. The molecule has 37 heavy (non-hydrogen) atoms. The number of hydrogen-bond donors (Lipinski definition) is 2. The predicted octanol–water partition coefficient (Wildman–Crippen LogP) is 3.49. The normalized spacial score (nSPS) is 19.0. The summed E-state index contributed by atoms with van der Waals surface area (Å²) in [4.78, 5) is 36.2. The van der Waals surface area contributed by atoms with E-state index in [0.29, 0.717) is 37.1 Å². The lowest BCUT2D eigenvalue weighted by atomic mass is 9.91. The fourth-order valence-corrected chi connectivity index (χ4v) is 5.00. The Kier molecular flexibility index (Phi) is 8.55. The van der Waals surface area contributed by atoms with Gasteiger partial charge >= 0.3 is 6.09 Å². The summed E-state index contributed by atoms with van der Waals surface area (Å²) in [6.45, 7) is 7.56. The van der Waals surface area contributed by atoms with Crippen molar-refractivity contribution in [2.75, 3.05) is 26.8 Å². The maximum absolute atomic E-state index is 14.0. The number of para-hydroxylation sites is 2. The number of benzene rings is 1. The number of methoxy groups -OCH3 is 1. The number of ether oxygens (including phenoxy) is 1. The second-order valence-electron chi connectivity index (χ2n) is 10.0. The number of unbranched alkanes of at least 4 members (excludes halogenated alkanes) is 1. The molecule has 1 aliphatic heterocycles. The van der Waals surface area contributed by atoms with E-state index in [1.165, 1.54) is 4.90 Å². The van der Waals surface area contributed by atoms with E-state index in [1.54, 1.807) is 14.0 Å². The molecule has 0 bridgehead atoms. The Balaban J connectivity index is 1.58. The van der Waals surface area contributed by atoms with Gasteiger partial charge in [0.2, 0.25) is 11.7 Å². The summed E-state index contributed by atoms with van der Waals surface area (Å²) in [6, 6.07) is 6.95. The van der Waals surface area contributed by atoms with Crippen LogP contribution in [0.5, 0.6) is 0 Å². The van der Waals surface area contributed by atoms with E-state index >= 15 is 0 Å². The highest BCUT2D eigenvalue weighted by Gasteiger charge is 2.37. The number of carbonyl (C=O) groups is 2. The van der Waals surface area contributed by atoms with Crippen molar-refractivity contribution < 1.29 is 24.0 Å². The molecular weight excluding hydrogens is 476 g/mol. The fourth-order valence-electron chi connectivity index (χ4n) is 5.00. The molecule has 0 aliphatic carbocycles. The number of aryl methyl sites for hydroxylation is 2. The van der Waals surface area contributed by atoms with Crippen molar-refractivity contribution >= 4 is 22.9 Å². The number of hydrogen-bond acceptors (Lipinski definition) is 8. The second kappa shape index (κ2) is 11.8. The number of carbonyl (C=O) groups excluding carboxylic acids is 1. The van der Waals surface area contributed by atoms with Crippen LogP contribution in [-0.2, 0) is 11.3 Å². The molecule has 11 heteroatoms. The molecule has 0 spiro atoms. The van der Waals surface area contributed by atoms with Gasteiger partial charge in [-0.3, -0.25) is 4.79 Å². The van der Waals surface area contributed by atoms with Crippen LogP contribution >= 0.6 is 0 Å². The molecular formula is C26H36N6O5. The van der Waals surface area contributed by atoms with Crippen molar-refractivity contribution in [1.29, 1.82) is 0 Å². The van der Waals surface area contributed by atoms with E-state index in [-0.39, 0.29) is 36.8 Å². The summed E-state index contributed by atoms with van der Waals surface area (Å²) >= 11 is 0. The van der Waals surface area contributed by atoms with Gasteiger partial charge in [-0.05, 0) is 44.2 Å². The van der Waals surface area contributed by atoms with Gasteiger partial charge in [0, 0.05) is 39.4 Å². The summed E-state index contributed by atoms with van der Waals surface area (Å²) in [6.07, 6.45) is 1.30. The standard InChI is InChI=1S/C26H36N6O5/c1-16(2)22(28-19-13-18(14-31(15-19)26(34)35)25-27-17(3)30-37-25)23(33)24-29-20-9-5-6-10-21(20)32(24)11-7-8-12-36-4/h5-6,9-10,16,18-19,22,28H,7-8,11-15H2,1-4H3,(H,34,35)/t18-,19+,22?/m1/s1. The van der Waals surface area contributed by atoms with Crippen LogP contribution < -0.4 is 5.32 Å². The molecule has 2 N–H and O–H groups in total. The van der Waals surface area contributed by atoms with Crippen LogP contribution in [-0.4, -0.2) is 80.5 Å². The minimum absolute atomic E-state index is 0.0430. The Labute approximate surface area is 216 Å². The maximum atomic E-state index is 14.0. The Hall–Kier alpha value is -3.31. The van der Waals surface area contributed by atoms with Crippen molar-refractivity contribution in [3.63, 3.8) is 0 Å². The van der Waals surface area contributed by atoms with E-state index in [0.717, 1.165) is 23.9 Å². The van der Waals surface area contributed by atoms with Crippen LogP contribution in [0.15, 0.2) is 28.8 Å². The molecule has 3 aromatic rings. The Morgan fingerprint density at radius 2 is 2.00 bits per heavy atom. The number of carboxylic acid groups (broad SMARTS) is 1. The van der Waals surface area contributed by atoms with Crippen LogP contribution in [0.3, 0.4) is 0 Å².